The van der Waals surface area contributed by atoms with Crippen LogP contribution in [-0.2, 0) is 10.0 Å². The van der Waals surface area contributed by atoms with E-state index in [0.717, 1.165) is 24.1 Å². The van der Waals surface area contributed by atoms with Gasteiger partial charge in [0.15, 0.2) is 0 Å². The molecule has 1 aliphatic heterocycles. The predicted octanol–water partition coefficient (Wildman–Crippen LogP) is 0.696. The largest absolute Gasteiger partial charge is 0.387 e. The van der Waals surface area contributed by atoms with Gasteiger partial charge in [-0.05, 0) is 56.5 Å². The molecule has 1 aromatic rings. The topological polar surface area (TPSA) is 78.4 Å². The highest BCUT2D eigenvalue weighted by molar-refractivity contribution is 7.89. The van der Waals surface area contributed by atoms with E-state index in [0.29, 0.717) is 13.0 Å². The Hall–Kier alpha value is -0.950. The molecule has 0 unspecified atom stereocenters. The van der Waals surface area contributed by atoms with Crippen molar-refractivity contribution in [2.45, 2.75) is 37.2 Å². The summed E-state index contributed by atoms with van der Waals surface area (Å²) in [6.07, 6.45) is 1.46. The van der Waals surface area contributed by atoms with Crippen molar-refractivity contribution in [2.24, 2.45) is 0 Å². The lowest BCUT2D eigenvalue weighted by molar-refractivity contribution is 0.0218. The minimum Gasteiger partial charge on any atom is -0.387 e. The first kappa shape index (κ1) is 15.4. The molecule has 0 saturated carbocycles. The summed E-state index contributed by atoms with van der Waals surface area (Å²) in [4.78, 5) is 0.252. The zero-order valence-corrected chi connectivity index (χ0v) is 12.8. The zero-order valence-electron chi connectivity index (χ0n) is 11.9. The summed E-state index contributed by atoms with van der Waals surface area (Å²) in [6, 6.07) is 5.20. The average molecular weight is 298 g/mol. The Balaban J connectivity index is 2.11. The van der Waals surface area contributed by atoms with Gasteiger partial charge in [-0.25, -0.2) is 13.1 Å². The van der Waals surface area contributed by atoms with Crippen molar-refractivity contribution in [3.05, 3.63) is 29.3 Å². The van der Waals surface area contributed by atoms with E-state index >= 15 is 0 Å². The maximum atomic E-state index is 12.3. The van der Waals surface area contributed by atoms with Crippen LogP contribution in [0, 0.1) is 13.8 Å². The van der Waals surface area contributed by atoms with Gasteiger partial charge in [0, 0.05) is 13.1 Å². The van der Waals surface area contributed by atoms with Crippen LogP contribution < -0.4 is 10.0 Å². The molecule has 1 fully saturated rings. The molecule has 3 N–H and O–H groups in total. The van der Waals surface area contributed by atoms with Crippen molar-refractivity contribution < 1.29 is 13.5 Å². The fourth-order valence-corrected chi connectivity index (χ4v) is 3.81. The van der Waals surface area contributed by atoms with E-state index in [-0.39, 0.29) is 11.4 Å². The van der Waals surface area contributed by atoms with Crippen LogP contribution in [0.5, 0.6) is 0 Å². The smallest absolute Gasteiger partial charge is 0.240 e. The van der Waals surface area contributed by atoms with Gasteiger partial charge in [-0.15, -0.1) is 0 Å². The third-order valence-corrected chi connectivity index (χ3v) is 4.93. The first-order chi connectivity index (χ1) is 9.31. The number of benzene rings is 1. The van der Waals surface area contributed by atoms with Crippen LogP contribution in [0.4, 0.5) is 0 Å². The van der Waals surface area contributed by atoms with E-state index in [1.54, 1.807) is 12.1 Å². The summed E-state index contributed by atoms with van der Waals surface area (Å²) in [5, 5.41) is 13.4. The average Bonchev–Trinajstić information content (AvgIpc) is 2.37. The molecule has 1 heterocycles. The van der Waals surface area contributed by atoms with Gasteiger partial charge in [-0.1, -0.05) is 6.07 Å². The second-order valence-corrected chi connectivity index (χ2v) is 7.42. The molecule has 112 valence electrons. The molecule has 0 aliphatic carbocycles. The number of aryl methyl sites for hydroxylation is 2. The first-order valence-corrected chi connectivity index (χ1v) is 8.30. The maximum Gasteiger partial charge on any atom is 0.240 e. The van der Waals surface area contributed by atoms with E-state index < -0.39 is 15.6 Å². The van der Waals surface area contributed by atoms with E-state index in [4.69, 9.17) is 0 Å². The van der Waals surface area contributed by atoms with Crippen molar-refractivity contribution in [1.82, 2.24) is 10.0 Å². The summed E-state index contributed by atoms with van der Waals surface area (Å²) in [7, 11) is -3.58. The summed E-state index contributed by atoms with van der Waals surface area (Å²) in [6.45, 7) is 5.05. The van der Waals surface area contributed by atoms with Crippen LogP contribution in [0.15, 0.2) is 23.1 Å². The van der Waals surface area contributed by atoms with Gasteiger partial charge in [-0.3, -0.25) is 0 Å². The van der Waals surface area contributed by atoms with Gasteiger partial charge in [0.25, 0.3) is 0 Å². The van der Waals surface area contributed by atoms with Gasteiger partial charge < -0.3 is 10.4 Å². The predicted molar refractivity (Wildman–Crippen MR) is 78.2 cm³/mol. The summed E-state index contributed by atoms with van der Waals surface area (Å²) >= 11 is 0. The van der Waals surface area contributed by atoms with E-state index in [1.165, 1.54) is 0 Å². The lowest BCUT2D eigenvalue weighted by Gasteiger charge is -2.32. The number of hydrogen-bond donors (Lipinski definition) is 3. The Morgan fingerprint density at radius 1 is 1.30 bits per heavy atom. The molecular weight excluding hydrogens is 276 g/mol. The molecule has 6 heteroatoms. The highest BCUT2D eigenvalue weighted by Crippen LogP contribution is 2.18. The molecule has 20 heavy (non-hydrogen) atoms. The van der Waals surface area contributed by atoms with Crippen LogP contribution >= 0.6 is 0 Å². The van der Waals surface area contributed by atoms with Crippen molar-refractivity contribution >= 4 is 10.0 Å². The Morgan fingerprint density at radius 2 is 1.95 bits per heavy atom. The van der Waals surface area contributed by atoms with Gasteiger partial charge in [0.1, 0.15) is 0 Å². The minimum atomic E-state index is -3.58. The quantitative estimate of drug-likeness (QED) is 0.764. The van der Waals surface area contributed by atoms with E-state index in [9.17, 15) is 13.5 Å². The molecule has 1 saturated heterocycles. The Labute approximate surface area is 120 Å². The molecule has 0 bridgehead atoms. The fourth-order valence-electron chi connectivity index (χ4n) is 2.50. The number of piperidine rings is 1. The zero-order chi connectivity index (χ0) is 14.8. The SMILES string of the molecule is Cc1cc(C)cc(S(=O)(=O)NC[C@@]2(O)CCCNC2)c1. The number of β-amino-alcohol motifs (C(OH)–C–C–N with tert-alkyl or cyclic N) is 1. The number of sulfonamides is 1. The summed E-state index contributed by atoms with van der Waals surface area (Å²) in [5.41, 5.74) is 0.816. The van der Waals surface area contributed by atoms with Crippen LogP contribution in [0.3, 0.4) is 0 Å². The van der Waals surface area contributed by atoms with Crippen molar-refractivity contribution in [2.75, 3.05) is 19.6 Å². The van der Waals surface area contributed by atoms with Crippen LogP contribution in [0.1, 0.15) is 24.0 Å². The molecule has 5 nitrogen and oxygen atoms in total. The highest BCUT2D eigenvalue weighted by Gasteiger charge is 2.30. The van der Waals surface area contributed by atoms with Crippen LogP contribution in [0.2, 0.25) is 0 Å². The lowest BCUT2D eigenvalue weighted by Crippen LogP contribution is -2.52. The van der Waals surface area contributed by atoms with E-state index in [2.05, 4.69) is 10.0 Å². The second kappa shape index (κ2) is 5.81. The van der Waals surface area contributed by atoms with Crippen molar-refractivity contribution in [1.29, 1.82) is 0 Å². The Bertz CT molecular complexity index is 558. The van der Waals surface area contributed by atoms with Crippen LogP contribution in [0.25, 0.3) is 0 Å². The third kappa shape index (κ3) is 3.79. The molecular formula is C14H22N2O3S. The Morgan fingerprint density at radius 3 is 2.50 bits per heavy atom. The summed E-state index contributed by atoms with van der Waals surface area (Å²) < 4.78 is 27.1. The minimum absolute atomic E-state index is 0.0370. The van der Waals surface area contributed by atoms with Gasteiger partial charge in [0.2, 0.25) is 10.0 Å². The molecule has 0 radical (unpaired) electrons. The van der Waals surface area contributed by atoms with Gasteiger partial charge >= 0.3 is 0 Å². The highest BCUT2D eigenvalue weighted by atomic mass is 32.2. The monoisotopic (exact) mass is 298 g/mol. The van der Waals surface area contributed by atoms with Crippen LogP contribution in [-0.4, -0.2) is 38.8 Å². The van der Waals surface area contributed by atoms with E-state index in [1.807, 2.05) is 19.9 Å². The molecule has 0 spiro atoms. The summed E-state index contributed by atoms with van der Waals surface area (Å²) in [5.74, 6) is 0. The molecule has 1 atom stereocenters. The molecule has 2 rings (SSSR count). The number of nitrogens with one attached hydrogen (secondary N) is 2. The fraction of sp³-hybridized carbons (Fsp3) is 0.571. The second-order valence-electron chi connectivity index (χ2n) is 5.65. The molecule has 1 aliphatic rings. The normalized spacial score (nSPS) is 23.8. The molecule has 0 aromatic heterocycles. The van der Waals surface area contributed by atoms with Crippen molar-refractivity contribution in [3.8, 4) is 0 Å². The molecule has 1 aromatic carbocycles. The Kier molecular flexibility index (Phi) is 4.49. The standard InChI is InChI=1S/C14H22N2O3S/c1-11-6-12(2)8-13(7-11)20(18,19)16-10-14(17)4-3-5-15-9-14/h6-8,15-17H,3-5,9-10H2,1-2H3/t14-/m1/s1. The lowest BCUT2D eigenvalue weighted by atomic mass is 9.95. The number of rotatable bonds is 4. The molecule has 0 amide bonds. The number of aliphatic hydroxyl groups is 1. The van der Waals surface area contributed by atoms with Gasteiger partial charge in [-0.2, -0.15) is 0 Å². The number of hydrogen-bond acceptors (Lipinski definition) is 4. The third-order valence-electron chi connectivity index (χ3n) is 3.55. The maximum absolute atomic E-state index is 12.3. The van der Waals surface area contributed by atoms with Gasteiger partial charge in [0.05, 0.1) is 10.5 Å². The van der Waals surface area contributed by atoms with Crippen molar-refractivity contribution in [3.63, 3.8) is 0 Å². The first-order valence-electron chi connectivity index (χ1n) is 6.82.